The molecule has 17 N–H and O–H groups in total. The number of aromatic nitrogens is 1. The van der Waals surface area contributed by atoms with Crippen molar-refractivity contribution < 1.29 is 73.8 Å². The van der Waals surface area contributed by atoms with E-state index in [2.05, 4.69) is 36.9 Å². The third-order valence-corrected chi connectivity index (χ3v) is 9.94. The van der Waals surface area contributed by atoms with Crippen LogP contribution in [0.1, 0.15) is 32.3 Å². The fraction of sp³-hybridized carbons (Fsp3) is 0.541. The molecule has 1 unspecified atom stereocenters. The van der Waals surface area contributed by atoms with Gasteiger partial charge in [-0.3, -0.25) is 38.4 Å². The van der Waals surface area contributed by atoms with Crippen LogP contribution in [0.3, 0.4) is 0 Å². The van der Waals surface area contributed by atoms with E-state index in [1.165, 1.54) is 13.8 Å². The minimum absolute atomic E-state index is 0.00120. The molecule has 3 rings (SSSR count). The van der Waals surface area contributed by atoms with Gasteiger partial charge in [0, 0.05) is 42.6 Å². The second-order valence-electron chi connectivity index (χ2n) is 14.7. The maximum atomic E-state index is 13.8. The maximum Gasteiger partial charge on any atom is 0.328 e. The molecule has 25 nitrogen and oxygen atoms in total. The number of primary amides is 1. The lowest BCUT2D eigenvalue weighted by Crippen LogP contribution is -2.62. The molecular formula is C37H54N10O15. The Morgan fingerprint density at radius 3 is 1.85 bits per heavy atom. The first-order valence-electron chi connectivity index (χ1n) is 19.3. The fourth-order valence-electron chi connectivity index (χ4n) is 6.48. The topological polar surface area (TPSA) is 418 Å². The Morgan fingerprint density at radius 1 is 0.742 bits per heavy atom. The van der Waals surface area contributed by atoms with E-state index >= 15 is 0 Å². The van der Waals surface area contributed by atoms with E-state index in [1.54, 1.807) is 30.5 Å². The Morgan fingerprint density at radius 2 is 1.27 bits per heavy atom. The van der Waals surface area contributed by atoms with E-state index < -0.39 is 146 Å². The number of nitrogens with zero attached hydrogens (tertiary/aromatic N) is 1. The quantitative estimate of drug-likeness (QED) is 0.0493. The minimum atomic E-state index is -1.91. The summed E-state index contributed by atoms with van der Waals surface area (Å²) in [6.45, 7) is -1.29. The van der Waals surface area contributed by atoms with Crippen molar-refractivity contribution >= 4 is 64.1 Å². The van der Waals surface area contributed by atoms with Crippen LogP contribution in [0, 0.1) is 5.92 Å². The molecule has 1 aromatic heterocycles. The Balaban J connectivity index is 1.78. The number of aromatic amines is 1. The summed E-state index contributed by atoms with van der Waals surface area (Å²) in [4.78, 5) is 120. The number of likely N-dealkylation sites (tertiary alicyclic amines) is 1. The van der Waals surface area contributed by atoms with Crippen LogP contribution in [-0.4, -0.2) is 181 Å². The van der Waals surface area contributed by atoms with Crippen LogP contribution in [0.2, 0.25) is 0 Å². The Bertz CT molecular complexity index is 1960. The Kier molecular flexibility index (Phi) is 18.7. The minimum Gasteiger partial charge on any atom is -0.480 e. The fourth-order valence-corrected chi connectivity index (χ4v) is 6.48. The predicted molar refractivity (Wildman–Crippen MR) is 212 cm³/mol. The summed E-state index contributed by atoms with van der Waals surface area (Å²) in [6.07, 6.45) is -0.937. The molecule has 2 aromatic rings. The first kappa shape index (κ1) is 50.1. The number of carbonyl (C=O) groups is 9. The summed E-state index contributed by atoms with van der Waals surface area (Å²) in [5.41, 5.74) is 12.1. The molecule has 0 aliphatic carbocycles. The molecule has 0 radical (unpaired) electrons. The standard InChI is InChI=1S/C37H54N10O15/c1-16(12-48)28(34(58)42-21(30(54)45-25(15-51)37(61)62)9-18-11-40-20-6-4-3-5-19(18)20)46-33(57)24(14-50)43-31(55)22(10-27(39)53)41-32(56)23(13-49)44-35(59)29-26(52)7-8-47(29)36(60)17(2)38/h3-6,11,16-17,21-26,28-29,40,48-52H,7-10,12-15,38H2,1-2H3,(H2,39,53)(H,41,56)(H,42,58)(H,43,55)(H,44,59)(H,45,54)(H,46,57)(H,61,62)/t16?,17-,21+,22-,23-,24-,25-,26-,28-,29-/m0/s1. The molecular weight excluding hydrogens is 824 g/mol. The second-order valence-corrected chi connectivity index (χ2v) is 14.7. The van der Waals surface area contributed by atoms with E-state index in [-0.39, 0.29) is 19.4 Å². The number of aliphatic hydroxyl groups is 5. The Hall–Kier alpha value is -6.25. The third kappa shape index (κ3) is 13.1. The molecule has 0 saturated carbocycles. The van der Waals surface area contributed by atoms with Crippen LogP contribution in [0.4, 0.5) is 0 Å². The number of H-pyrrole nitrogens is 1. The number of benzene rings is 1. The number of aliphatic carboxylic acids is 1. The van der Waals surface area contributed by atoms with Crippen molar-refractivity contribution in [2.75, 3.05) is 33.0 Å². The van der Waals surface area contributed by atoms with Crippen molar-refractivity contribution in [1.29, 1.82) is 0 Å². The van der Waals surface area contributed by atoms with Crippen molar-refractivity contribution in [2.45, 2.75) is 87.5 Å². The van der Waals surface area contributed by atoms with Gasteiger partial charge in [-0.15, -0.1) is 0 Å². The summed E-state index contributed by atoms with van der Waals surface area (Å²) in [5, 5.41) is 73.2. The zero-order valence-corrected chi connectivity index (χ0v) is 33.8. The van der Waals surface area contributed by atoms with Gasteiger partial charge in [0.05, 0.1) is 38.4 Å². The predicted octanol–water partition coefficient (Wildman–Crippen LogP) is -7.51. The van der Waals surface area contributed by atoms with Crippen LogP contribution < -0.4 is 43.4 Å². The molecule has 1 aliphatic rings. The molecule has 1 fully saturated rings. The highest BCUT2D eigenvalue weighted by Crippen LogP contribution is 2.21. The van der Waals surface area contributed by atoms with Gasteiger partial charge in [-0.25, -0.2) is 4.79 Å². The first-order chi connectivity index (χ1) is 29.3. The molecule has 0 bridgehead atoms. The number of nitrogens with two attached hydrogens (primary N) is 2. The van der Waals surface area contributed by atoms with E-state index in [0.717, 1.165) is 4.90 Å². The van der Waals surface area contributed by atoms with E-state index in [0.29, 0.717) is 16.5 Å². The highest BCUT2D eigenvalue weighted by Gasteiger charge is 2.43. The van der Waals surface area contributed by atoms with Crippen molar-refractivity contribution in [1.82, 2.24) is 41.8 Å². The lowest BCUT2D eigenvalue weighted by molar-refractivity contribution is -0.143. The van der Waals surface area contributed by atoms with Gasteiger partial charge in [-0.2, -0.15) is 0 Å². The second kappa shape index (κ2) is 23.1. The van der Waals surface area contributed by atoms with Crippen molar-refractivity contribution in [3.63, 3.8) is 0 Å². The lowest BCUT2D eigenvalue weighted by Gasteiger charge is -2.29. The summed E-state index contributed by atoms with van der Waals surface area (Å²) in [7, 11) is 0. The smallest absolute Gasteiger partial charge is 0.328 e. The van der Waals surface area contributed by atoms with Crippen molar-refractivity contribution in [3.05, 3.63) is 36.0 Å². The number of hydrogen-bond acceptors (Lipinski definition) is 15. The molecule has 1 aliphatic heterocycles. The number of aliphatic hydroxyl groups excluding tert-OH is 5. The number of nitrogens with one attached hydrogen (secondary N) is 7. The number of carboxylic acid groups (broad SMARTS) is 1. The number of para-hydroxylation sites is 1. The molecule has 2 heterocycles. The number of fused-ring (bicyclic) bond motifs is 1. The van der Waals surface area contributed by atoms with Gasteiger partial charge in [0.25, 0.3) is 0 Å². The van der Waals surface area contributed by atoms with Crippen LogP contribution in [-0.2, 0) is 49.6 Å². The summed E-state index contributed by atoms with van der Waals surface area (Å²) in [5.74, 6) is -11.4. The monoisotopic (exact) mass is 878 g/mol. The number of carboxylic acids is 1. The van der Waals surface area contributed by atoms with Crippen LogP contribution in [0.25, 0.3) is 10.9 Å². The van der Waals surface area contributed by atoms with Gasteiger partial charge < -0.3 is 83.9 Å². The molecule has 1 saturated heterocycles. The number of rotatable bonds is 23. The van der Waals surface area contributed by atoms with E-state index in [4.69, 9.17) is 11.5 Å². The van der Waals surface area contributed by atoms with Crippen LogP contribution in [0.15, 0.2) is 30.5 Å². The third-order valence-electron chi connectivity index (χ3n) is 9.94. The SMILES string of the molecule is CC(CO)[C@H](NC(=O)[C@H](CO)NC(=O)[C@H](CC(N)=O)NC(=O)[C@H](CO)NC(=O)[C@@H]1[C@@H](O)CCN1C(=O)[C@H](C)N)C(=O)N[C@H](Cc1c[nH]c2ccccc12)C(=O)N[C@@H](CO)C(=O)O. The van der Waals surface area contributed by atoms with Gasteiger partial charge >= 0.3 is 5.97 Å². The average molecular weight is 879 g/mol. The Labute approximate surface area is 353 Å². The first-order valence-corrected chi connectivity index (χ1v) is 19.3. The number of carbonyl (C=O) groups excluding carboxylic acids is 8. The summed E-state index contributed by atoms with van der Waals surface area (Å²) in [6, 6.07) is -6.18. The molecule has 8 amide bonds. The van der Waals surface area contributed by atoms with Crippen molar-refractivity contribution in [3.8, 4) is 0 Å². The van der Waals surface area contributed by atoms with Crippen molar-refractivity contribution in [2.24, 2.45) is 17.4 Å². The van der Waals surface area contributed by atoms with Gasteiger partial charge in [-0.1, -0.05) is 25.1 Å². The highest BCUT2D eigenvalue weighted by molar-refractivity contribution is 5.99. The molecule has 25 heteroatoms. The van der Waals surface area contributed by atoms with Gasteiger partial charge in [0.1, 0.15) is 42.3 Å². The normalized spacial score (nSPS) is 18.7. The molecule has 342 valence electrons. The number of amides is 8. The largest absolute Gasteiger partial charge is 0.480 e. The summed E-state index contributed by atoms with van der Waals surface area (Å²) < 4.78 is 0. The molecule has 62 heavy (non-hydrogen) atoms. The van der Waals surface area contributed by atoms with E-state index in [1.807, 2.05) is 0 Å². The molecule has 10 atom stereocenters. The van der Waals surface area contributed by atoms with Gasteiger partial charge in [0.15, 0.2) is 0 Å². The van der Waals surface area contributed by atoms with E-state index in [9.17, 15) is 73.8 Å². The number of hydrogen-bond donors (Lipinski definition) is 15. The zero-order chi connectivity index (χ0) is 46.4. The molecule has 0 spiro atoms. The lowest BCUT2D eigenvalue weighted by atomic mass is 9.99. The maximum absolute atomic E-state index is 13.8. The zero-order valence-electron chi connectivity index (χ0n) is 33.8. The van der Waals surface area contributed by atoms with Crippen LogP contribution >= 0.6 is 0 Å². The van der Waals surface area contributed by atoms with Crippen LogP contribution in [0.5, 0.6) is 0 Å². The summed E-state index contributed by atoms with van der Waals surface area (Å²) >= 11 is 0. The average Bonchev–Trinajstić information content (AvgIpc) is 3.83. The van der Waals surface area contributed by atoms with Gasteiger partial charge in [0.2, 0.25) is 47.3 Å². The van der Waals surface area contributed by atoms with Gasteiger partial charge in [-0.05, 0) is 25.0 Å². The highest BCUT2D eigenvalue weighted by atomic mass is 16.4. The molecule has 1 aromatic carbocycles.